The van der Waals surface area contributed by atoms with Crippen LogP contribution in [0.3, 0.4) is 0 Å². The second-order valence-corrected chi connectivity index (χ2v) is 9.48. The van der Waals surface area contributed by atoms with Crippen molar-refractivity contribution in [3.63, 3.8) is 0 Å². The summed E-state index contributed by atoms with van der Waals surface area (Å²) in [4.78, 5) is 13.2. The first-order valence-corrected chi connectivity index (χ1v) is 11.6. The van der Waals surface area contributed by atoms with Crippen molar-refractivity contribution in [2.75, 3.05) is 18.4 Å². The average Bonchev–Trinajstić information content (AvgIpc) is 2.75. The zero-order valence-electron chi connectivity index (χ0n) is 16.9. The summed E-state index contributed by atoms with van der Waals surface area (Å²) in [6.07, 6.45) is 4.92. The van der Waals surface area contributed by atoms with Crippen molar-refractivity contribution in [1.29, 1.82) is 0 Å². The van der Waals surface area contributed by atoms with Gasteiger partial charge in [0.05, 0.1) is 5.75 Å². The molecule has 1 aliphatic rings. The lowest BCUT2D eigenvalue weighted by Gasteiger charge is -2.32. The fourth-order valence-corrected chi connectivity index (χ4v) is 5.20. The van der Waals surface area contributed by atoms with Crippen LogP contribution in [0.25, 0.3) is 11.4 Å². The predicted molar refractivity (Wildman–Crippen MR) is 117 cm³/mol. The molecule has 7 nitrogen and oxygen atoms in total. The standard InChI is InChI=1S/C22H25N5O2S/c1-17-15-21(26-22(24-17)19-7-11-23-12-8-19)25-20-9-13-27(14-10-20)30(28,29)16-18-5-3-2-4-6-18/h2-8,11-12,15,20H,9-10,13-14,16H2,1H3,(H,24,25,26). The van der Waals surface area contributed by atoms with Gasteiger partial charge in [-0.05, 0) is 37.5 Å². The van der Waals surface area contributed by atoms with E-state index in [0.717, 1.165) is 35.5 Å². The van der Waals surface area contributed by atoms with Gasteiger partial charge in [-0.2, -0.15) is 0 Å². The third kappa shape index (κ3) is 5.01. The number of nitrogens with one attached hydrogen (secondary N) is 1. The number of hydrogen-bond acceptors (Lipinski definition) is 6. The minimum absolute atomic E-state index is 0.0479. The Bertz CT molecular complexity index is 1080. The van der Waals surface area contributed by atoms with Crippen molar-refractivity contribution >= 4 is 15.8 Å². The molecule has 4 rings (SSSR count). The molecular formula is C22H25N5O2S. The Kier molecular flexibility index (Phi) is 6.06. The van der Waals surface area contributed by atoms with E-state index in [2.05, 4.69) is 20.3 Å². The monoisotopic (exact) mass is 423 g/mol. The molecule has 3 aromatic rings. The molecule has 0 unspecified atom stereocenters. The number of anilines is 1. The lowest BCUT2D eigenvalue weighted by Crippen LogP contribution is -2.42. The molecule has 156 valence electrons. The number of nitrogens with zero attached hydrogens (tertiary/aromatic N) is 4. The number of sulfonamides is 1. The average molecular weight is 424 g/mol. The van der Waals surface area contributed by atoms with E-state index in [0.29, 0.717) is 18.9 Å². The lowest BCUT2D eigenvalue weighted by molar-refractivity contribution is 0.329. The van der Waals surface area contributed by atoms with E-state index < -0.39 is 10.0 Å². The maximum absolute atomic E-state index is 12.7. The highest BCUT2D eigenvalue weighted by Gasteiger charge is 2.28. The van der Waals surface area contributed by atoms with Crippen molar-refractivity contribution in [2.45, 2.75) is 31.6 Å². The zero-order chi connectivity index (χ0) is 21.0. The molecule has 0 spiro atoms. The minimum atomic E-state index is -3.31. The van der Waals surface area contributed by atoms with E-state index in [-0.39, 0.29) is 11.8 Å². The Morgan fingerprint density at radius 2 is 1.73 bits per heavy atom. The quantitative estimate of drug-likeness (QED) is 0.655. The number of pyridine rings is 1. The van der Waals surface area contributed by atoms with Crippen LogP contribution >= 0.6 is 0 Å². The van der Waals surface area contributed by atoms with E-state index >= 15 is 0 Å². The second-order valence-electron chi connectivity index (χ2n) is 7.51. The van der Waals surface area contributed by atoms with Crippen molar-refractivity contribution in [1.82, 2.24) is 19.3 Å². The highest BCUT2D eigenvalue weighted by atomic mass is 32.2. The van der Waals surface area contributed by atoms with E-state index in [4.69, 9.17) is 0 Å². The van der Waals surface area contributed by atoms with Gasteiger partial charge in [0.1, 0.15) is 5.82 Å². The number of rotatable bonds is 6. The molecule has 1 fully saturated rings. The molecule has 0 aliphatic carbocycles. The Labute approximate surface area is 177 Å². The van der Waals surface area contributed by atoms with Gasteiger partial charge in [-0.3, -0.25) is 4.98 Å². The fraction of sp³-hybridized carbons (Fsp3) is 0.318. The molecule has 1 N–H and O–H groups in total. The molecule has 0 amide bonds. The van der Waals surface area contributed by atoms with Crippen LogP contribution in [0.2, 0.25) is 0 Å². The Morgan fingerprint density at radius 3 is 2.43 bits per heavy atom. The summed E-state index contributed by atoms with van der Waals surface area (Å²) in [5.41, 5.74) is 2.61. The van der Waals surface area contributed by atoms with Crippen LogP contribution < -0.4 is 5.32 Å². The molecule has 8 heteroatoms. The molecule has 0 radical (unpaired) electrons. The number of piperidine rings is 1. The van der Waals surface area contributed by atoms with Gasteiger partial charge >= 0.3 is 0 Å². The highest BCUT2D eigenvalue weighted by Crippen LogP contribution is 2.22. The predicted octanol–water partition coefficient (Wildman–Crippen LogP) is 3.25. The van der Waals surface area contributed by atoms with E-state index in [9.17, 15) is 8.42 Å². The largest absolute Gasteiger partial charge is 0.367 e. The molecule has 1 aliphatic heterocycles. The number of hydrogen-bond donors (Lipinski definition) is 1. The molecule has 30 heavy (non-hydrogen) atoms. The molecule has 0 atom stereocenters. The van der Waals surface area contributed by atoms with Gasteiger partial charge in [0.2, 0.25) is 10.0 Å². The normalized spacial score (nSPS) is 15.8. The van der Waals surface area contributed by atoms with Gasteiger partial charge < -0.3 is 5.32 Å². The number of aryl methyl sites for hydroxylation is 1. The second kappa shape index (κ2) is 8.89. The van der Waals surface area contributed by atoms with Gasteiger partial charge in [-0.1, -0.05) is 30.3 Å². The molecule has 2 aromatic heterocycles. The van der Waals surface area contributed by atoms with Crippen LogP contribution in [-0.2, 0) is 15.8 Å². The van der Waals surface area contributed by atoms with Crippen LogP contribution in [0.1, 0.15) is 24.1 Å². The lowest BCUT2D eigenvalue weighted by atomic mass is 10.1. The summed E-state index contributed by atoms with van der Waals surface area (Å²) in [5.74, 6) is 1.47. The summed E-state index contributed by atoms with van der Waals surface area (Å²) in [6.45, 7) is 2.96. The third-order valence-electron chi connectivity index (χ3n) is 5.18. The van der Waals surface area contributed by atoms with E-state index in [1.54, 1.807) is 16.7 Å². The summed E-state index contributed by atoms with van der Waals surface area (Å²) < 4.78 is 27.1. The number of aromatic nitrogens is 3. The van der Waals surface area contributed by atoms with Crippen molar-refractivity contribution in [3.8, 4) is 11.4 Å². The van der Waals surface area contributed by atoms with Crippen molar-refractivity contribution in [3.05, 3.63) is 72.2 Å². The summed E-state index contributed by atoms with van der Waals surface area (Å²) in [6, 6.07) is 15.2. The maximum atomic E-state index is 12.7. The van der Waals surface area contributed by atoms with Crippen LogP contribution in [0, 0.1) is 6.92 Å². The molecule has 1 aromatic carbocycles. The summed E-state index contributed by atoms with van der Waals surface area (Å²) in [5, 5.41) is 3.47. The first kappa shape index (κ1) is 20.4. The van der Waals surface area contributed by atoms with Gasteiger partial charge in [-0.25, -0.2) is 22.7 Å². The molecular weight excluding hydrogens is 398 g/mol. The van der Waals surface area contributed by atoms with Gasteiger partial charge in [0.15, 0.2) is 5.82 Å². The first-order valence-electron chi connectivity index (χ1n) is 10.0. The SMILES string of the molecule is Cc1cc(NC2CCN(S(=O)(=O)Cc3ccccc3)CC2)nc(-c2ccncc2)n1. The molecule has 0 saturated carbocycles. The first-order chi connectivity index (χ1) is 14.5. The van der Waals surface area contributed by atoms with E-state index in [1.165, 1.54) is 0 Å². The molecule has 3 heterocycles. The van der Waals surface area contributed by atoms with Gasteiger partial charge in [0.25, 0.3) is 0 Å². The van der Waals surface area contributed by atoms with Gasteiger partial charge in [-0.15, -0.1) is 0 Å². The Balaban J connectivity index is 1.39. The third-order valence-corrected chi connectivity index (χ3v) is 7.03. The zero-order valence-corrected chi connectivity index (χ0v) is 17.7. The topological polar surface area (TPSA) is 88.1 Å². The summed E-state index contributed by atoms with van der Waals surface area (Å²) >= 11 is 0. The van der Waals surface area contributed by atoms with Crippen LogP contribution in [0.5, 0.6) is 0 Å². The van der Waals surface area contributed by atoms with Gasteiger partial charge in [0, 0.05) is 48.8 Å². The Morgan fingerprint density at radius 1 is 1.03 bits per heavy atom. The minimum Gasteiger partial charge on any atom is -0.367 e. The van der Waals surface area contributed by atoms with Crippen LogP contribution in [-0.4, -0.2) is 46.8 Å². The fourth-order valence-electron chi connectivity index (χ4n) is 3.64. The van der Waals surface area contributed by atoms with Crippen LogP contribution in [0.15, 0.2) is 60.9 Å². The Hall–Kier alpha value is -2.84. The van der Waals surface area contributed by atoms with Crippen LogP contribution in [0.4, 0.5) is 5.82 Å². The maximum Gasteiger partial charge on any atom is 0.218 e. The molecule has 1 saturated heterocycles. The van der Waals surface area contributed by atoms with Crippen molar-refractivity contribution in [2.24, 2.45) is 0 Å². The van der Waals surface area contributed by atoms with Crippen molar-refractivity contribution < 1.29 is 8.42 Å². The molecule has 0 bridgehead atoms. The smallest absolute Gasteiger partial charge is 0.218 e. The summed E-state index contributed by atoms with van der Waals surface area (Å²) in [7, 11) is -3.31. The van der Waals surface area contributed by atoms with E-state index in [1.807, 2.05) is 55.5 Å². The highest BCUT2D eigenvalue weighted by molar-refractivity contribution is 7.88. The number of benzene rings is 1.